The van der Waals surface area contributed by atoms with E-state index < -0.39 is 12.0 Å². The number of methoxy groups -OCH3 is 1. The number of aliphatic imine (C=N–C) groups is 1. The molecular weight excluding hydrogens is 506 g/mol. The van der Waals surface area contributed by atoms with Crippen molar-refractivity contribution in [2.45, 2.75) is 32.2 Å². The summed E-state index contributed by atoms with van der Waals surface area (Å²) in [5, 5.41) is 6.04. The number of thiazole rings is 1. The van der Waals surface area contributed by atoms with Gasteiger partial charge in [0.25, 0.3) is 0 Å². The topological polar surface area (TPSA) is 89.9 Å². The Balaban J connectivity index is 1.82. The van der Waals surface area contributed by atoms with E-state index in [4.69, 9.17) is 14.5 Å². The van der Waals surface area contributed by atoms with E-state index in [-0.39, 0.29) is 18.5 Å². The predicted octanol–water partition coefficient (Wildman–Crippen LogP) is 4.71. The molecule has 33 heavy (non-hydrogen) atoms. The predicted molar refractivity (Wildman–Crippen MR) is 130 cm³/mol. The molecule has 4 rings (SSSR count). The molecule has 1 aliphatic heterocycles. The van der Waals surface area contributed by atoms with Crippen LogP contribution in [0.2, 0.25) is 0 Å². The van der Waals surface area contributed by atoms with Gasteiger partial charge < -0.3 is 14.8 Å². The number of benzene rings is 1. The first-order valence-corrected chi connectivity index (χ1v) is 12.4. The van der Waals surface area contributed by atoms with Crippen molar-refractivity contribution in [3.63, 3.8) is 0 Å². The minimum atomic E-state index is -0.555. The molecule has 7 nitrogen and oxygen atoms in total. The number of ether oxygens (including phenoxy) is 2. The summed E-state index contributed by atoms with van der Waals surface area (Å²) in [4.78, 5) is 34.6. The van der Waals surface area contributed by atoms with E-state index in [2.05, 4.69) is 26.2 Å². The molecule has 0 radical (unpaired) electrons. The zero-order valence-corrected chi connectivity index (χ0v) is 20.7. The molecule has 9 heteroatoms. The fourth-order valence-electron chi connectivity index (χ4n) is 4.10. The molecule has 0 bridgehead atoms. The lowest BCUT2D eigenvalue weighted by Gasteiger charge is -2.32. The highest BCUT2D eigenvalue weighted by Gasteiger charge is 2.37. The zero-order chi connectivity index (χ0) is 23.4. The average Bonchev–Trinajstić information content (AvgIpc) is 3.38. The molecule has 2 atom stereocenters. The molecule has 1 unspecified atom stereocenters. The molecule has 0 saturated heterocycles. The third kappa shape index (κ3) is 4.94. The maximum atomic E-state index is 13.3. The van der Waals surface area contributed by atoms with Gasteiger partial charge in [-0.1, -0.05) is 40.2 Å². The summed E-state index contributed by atoms with van der Waals surface area (Å²) >= 11 is 5.10. The number of carbonyl (C=O) groups excluding carboxylic acids is 2. The van der Waals surface area contributed by atoms with Crippen LogP contribution in [0.1, 0.15) is 42.8 Å². The Morgan fingerprint density at radius 1 is 1.27 bits per heavy atom. The van der Waals surface area contributed by atoms with Crippen molar-refractivity contribution in [1.82, 2.24) is 10.3 Å². The summed E-state index contributed by atoms with van der Waals surface area (Å²) in [7, 11) is 1.39. The van der Waals surface area contributed by atoms with Gasteiger partial charge in [-0.2, -0.15) is 0 Å². The molecule has 2 heterocycles. The lowest BCUT2D eigenvalue weighted by Crippen LogP contribution is -2.37. The number of allylic oxidation sites excluding steroid dienone is 2. The van der Waals surface area contributed by atoms with Crippen LogP contribution in [0.5, 0.6) is 0 Å². The number of esters is 2. The number of aromatic nitrogens is 1. The van der Waals surface area contributed by atoms with Gasteiger partial charge in [-0.25, -0.2) is 14.6 Å². The zero-order valence-electron chi connectivity index (χ0n) is 18.3. The van der Waals surface area contributed by atoms with E-state index in [9.17, 15) is 9.59 Å². The molecule has 0 spiro atoms. The monoisotopic (exact) mass is 529 g/mol. The fraction of sp³-hybridized carbons (Fsp3) is 0.333. The minimum Gasteiger partial charge on any atom is -0.466 e. The van der Waals surface area contributed by atoms with Gasteiger partial charge in [0.2, 0.25) is 0 Å². The third-order valence-corrected chi connectivity index (χ3v) is 7.17. The second kappa shape index (κ2) is 10.4. The highest BCUT2D eigenvalue weighted by atomic mass is 79.9. The van der Waals surface area contributed by atoms with Crippen molar-refractivity contribution in [2.24, 2.45) is 10.9 Å². The average molecular weight is 530 g/mol. The first kappa shape index (κ1) is 23.4. The molecule has 1 aromatic heterocycles. The number of carbonyl (C=O) groups is 2. The minimum absolute atomic E-state index is 0.00624. The Kier molecular flexibility index (Phi) is 7.39. The van der Waals surface area contributed by atoms with Gasteiger partial charge in [-0.15, -0.1) is 11.3 Å². The summed E-state index contributed by atoms with van der Waals surface area (Å²) < 4.78 is 11.2. The van der Waals surface area contributed by atoms with Crippen LogP contribution in [-0.4, -0.2) is 36.5 Å². The number of nitrogens with one attached hydrogen (secondary N) is 1. The largest absolute Gasteiger partial charge is 0.466 e. The molecular formula is C24H24BrN3O4S. The number of nitrogens with zero attached hydrogens (tertiary/aromatic N) is 2. The van der Waals surface area contributed by atoms with Crippen molar-refractivity contribution in [1.29, 1.82) is 0 Å². The van der Waals surface area contributed by atoms with E-state index in [1.807, 2.05) is 35.7 Å². The van der Waals surface area contributed by atoms with Crippen molar-refractivity contribution >= 4 is 45.0 Å². The Morgan fingerprint density at radius 3 is 2.73 bits per heavy atom. The summed E-state index contributed by atoms with van der Waals surface area (Å²) in [6.07, 6.45) is 5.50. The molecule has 2 aromatic rings. The third-order valence-electron chi connectivity index (χ3n) is 5.67. The highest BCUT2D eigenvalue weighted by molar-refractivity contribution is 9.10. The van der Waals surface area contributed by atoms with E-state index in [1.54, 1.807) is 13.1 Å². The number of halogens is 1. The molecule has 1 N–H and O–H groups in total. The normalized spacial score (nSPS) is 20.5. The molecule has 0 fully saturated rings. The maximum absolute atomic E-state index is 13.3. The van der Waals surface area contributed by atoms with Gasteiger partial charge in [-0.3, -0.25) is 4.99 Å². The molecule has 1 aromatic carbocycles. The number of hydrogen-bond acceptors (Lipinski definition) is 8. The number of rotatable bonds is 6. The maximum Gasteiger partial charge on any atom is 0.338 e. The van der Waals surface area contributed by atoms with Gasteiger partial charge in [0.15, 0.2) is 10.8 Å². The van der Waals surface area contributed by atoms with Crippen molar-refractivity contribution < 1.29 is 19.1 Å². The molecule has 1 aliphatic carbocycles. The summed E-state index contributed by atoms with van der Waals surface area (Å²) in [6.45, 7) is 2.05. The fourth-order valence-corrected chi connectivity index (χ4v) is 5.19. The lowest BCUT2D eigenvalue weighted by atomic mass is 9.82. The van der Waals surface area contributed by atoms with Gasteiger partial charge >= 0.3 is 11.9 Å². The van der Waals surface area contributed by atoms with Crippen LogP contribution in [0, 0.1) is 5.92 Å². The summed E-state index contributed by atoms with van der Waals surface area (Å²) in [5.41, 5.74) is 2.80. The van der Waals surface area contributed by atoms with Crippen LogP contribution in [0.3, 0.4) is 0 Å². The van der Waals surface area contributed by atoms with Crippen molar-refractivity contribution in [3.05, 3.63) is 73.8 Å². The molecule has 172 valence electrons. The first-order chi connectivity index (χ1) is 16.0. The Bertz CT molecular complexity index is 1140. The molecule has 2 aliphatic rings. The van der Waals surface area contributed by atoms with Crippen LogP contribution in [0.25, 0.3) is 0 Å². The first-order valence-electron chi connectivity index (χ1n) is 10.7. The van der Waals surface area contributed by atoms with Crippen LogP contribution < -0.4 is 5.32 Å². The van der Waals surface area contributed by atoms with Crippen molar-refractivity contribution in [3.8, 4) is 0 Å². The number of amidine groups is 1. The number of hydrogen-bond donors (Lipinski definition) is 1. The van der Waals surface area contributed by atoms with E-state index in [0.29, 0.717) is 36.2 Å². The van der Waals surface area contributed by atoms with Crippen LogP contribution in [0.4, 0.5) is 0 Å². The molecule has 0 saturated carbocycles. The smallest absolute Gasteiger partial charge is 0.338 e. The Morgan fingerprint density at radius 2 is 2.09 bits per heavy atom. The Hall–Kier alpha value is -2.78. The van der Waals surface area contributed by atoms with Crippen LogP contribution in [0.15, 0.2) is 68.2 Å². The highest BCUT2D eigenvalue weighted by Crippen LogP contribution is 2.40. The van der Waals surface area contributed by atoms with E-state index in [0.717, 1.165) is 20.7 Å². The quantitative estimate of drug-likeness (QED) is 0.544. The van der Waals surface area contributed by atoms with Crippen molar-refractivity contribution in [2.75, 3.05) is 13.7 Å². The molecule has 0 amide bonds. The van der Waals surface area contributed by atoms with Crippen LogP contribution >= 0.6 is 27.3 Å². The second-order valence-corrected chi connectivity index (χ2v) is 9.35. The SMILES string of the molecule is CCOC(=O)C1=C([C@H]2CC=C(C(=O)OC)CC2)NC(c2nccs2)=NC1c1ccccc1Br. The second-order valence-electron chi connectivity index (χ2n) is 7.60. The Labute approximate surface area is 204 Å². The van der Waals surface area contributed by atoms with Gasteiger partial charge in [0.1, 0.15) is 6.04 Å². The van der Waals surface area contributed by atoms with Gasteiger partial charge in [0, 0.05) is 33.2 Å². The van der Waals surface area contributed by atoms with Gasteiger partial charge in [-0.05, 0) is 37.8 Å². The summed E-state index contributed by atoms with van der Waals surface area (Å²) in [6, 6.07) is 7.19. The van der Waals surface area contributed by atoms with E-state index >= 15 is 0 Å². The van der Waals surface area contributed by atoms with E-state index in [1.165, 1.54) is 18.4 Å². The van der Waals surface area contributed by atoms with Gasteiger partial charge in [0.05, 0.1) is 19.3 Å². The lowest BCUT2D eigenvalue weighted by molar-refractivity contribution is -0.139. The van der Waals surface area contributed by atoms with Crippen LogP contribution in [-0.2, 0) is 19.1 Å². The summed E-state index contributed by atoms with van der Waals surface area (Å²) in [5.74, 6) is -0.0870. The standard InChI is InChI=1S/C24H24BrN3O4S/c1-3-32-24(30)18-19(14-8-10-15(11-9-14)23(29)31-2)27-21(22-26-12-13-33-22)28-20(18)16-6-4-5-7-17(16)25/h4-7,10,12-14,20H,3,8-9,11H2,1-2H3,(H,27,28)/t14-,20?/m0/s1.